The highest BCUT2D eigenvalue weighted by atomic mass is 14.2. The molecule has 0 nitrogen and oxygen atoms in total. The Balaban J connectivity index is 2.61. The lowest BCUT2D eigenvalue weighted by atomic mass is 9.88. The third-order valence-corrected chi connectivity index (χ3v) is 3.66. The Bertz CT molecular complexity index is 562. The zero-order chi connectivity index (χ0) is 14.0. The van der Waals surface area contributed by atoms with Gasteiger partial charge in [-0.1, -0.05) is 64.1 Å². The van der Waals surface area contributed by atoms with Crippen LogP contribution in [0, 0.1) is 13.0 Å². The fourth-order valence-corrected chi connectivity index (χ4v) is 2.54. The van der Waals surface area contributed by atoms with Gasteiger partial charge in [0.25, 0.3) is 0 Å². The molecule has 0 bridgehead atoms. The van der Waals surface area contributed by atoms with Crippen molar-refractivity contribution < 1.29 is 0 Å². The lowest BCUT2D eigenvalue weighted by Gasteiger charge is -2.17. The molecule has 0 aliphatic rings. The molecule has 0 fully saturated rings. The Hall–Kier alpha value is -1.56. The molecule has 0 aliphatic carbocycles. The van der Waals surface area contributed by atoms with Gasteiger partial charge in [0.15, 0.2) is 0 Å². The fourth-order valence-electron chi connectivity index (χ4n) is 2.54. The second-order valence-corrected chi connectivity index (χ2v) is 5.88. The van der Waals surface area contributed by atoms with Crippen molar-refractivity contribution in [2.75, 3.05) is 0 Å². The van der Waals surface area contributed by atoms with Gasteiger partial charge < -0.3 is 0 Å². The average molecular weight is 251 g/mol. The highest BCUT2D eigenvalue weighted by Crippen LogP contribution is 2.33. The predicted molar refractivity (Wildman–Crippen MR) is 83.6 cm³/mol. The molecular formula is C19H23. The highest BCUT2D eigenvalue weighted by molar-refractivity contribution is 5.72. The molecule has 0 aromatic heterocycles. The molecule has 0 heteroatoms. The molecule has 0 aliphatic heterocycles. The molecule has 0 saturated heterocycles. The molecule has 0 N–H and O–H groups in total. The van der Waals surface area contributed by atoms with Crippen molar-refractivity contribution in [2.24, 2.45) is 0 Å². The van der Waals surface area contributed by atoms with Gasteiger partial charge in [0.05, 0.1) is 0 Å². The molecular weight excluding hydrogens is 228 g/mol. The van der Waals surface area contributed by atoms with Crippen molar-refractivity contribution in [3.8, 4) is 11.1 Å². The SMILES string of the molecule is Cc1cccc(C(C)C)c1-c1cc[c]c(C(C)C)c1. The van der Waals surface area contributed by atoms with Crippen LogP contribution >= 0.6 is 0 Å². The van der Waals surface area contributed by atoms with Crippen molar-refractivity contribution in [1.29, 1.82) is 0 Å². The van der Waals surface area contributed by atoms with Crippen LogP contribution in [0.3, 0.4) is 0 Å². The standard InChI is InChI=1S/C19H23/c1-13(2)16-9-7-10-17(12-16)19-15(5)8-6-11-18(19)14(3)4/h6-8,10-14H,1-5H3. The van der Waals surface area contributed by atoms with E-state index in [2.05, 4.69) is 77.1 Å². The van der Waals surface area contributed by atoms with E-state index in [1.54, 1.807) is 0 Å². The minimum absolute atomic E-state index is 0.520. The van der Waals surface area contributed by atoms with E-state index < -0.39 is 0 Å². The van der Waals surface area contributed by atoms with Gasteiger partial charge in [-0.15, -0.1) is 0 Å². The van der Waals surface area contributed by atoms with E-state index in [4.69, 9.17) is 0 Å². The molecule has 0 amide bonds. The van der Waals surface area contributed by atoms with Crippen LogP contribution in [0.4, 0.5) is 0 Å². The van der Waals surface area contributed by atoms with Crippen molar-refractivity contribution in [1.82, 2.24) is 0 Å². The second-order valence-electron chi connectivity index (χ2n) is 5.88. The van der Waals surface area contributed by atoms with Gasteiger partial charge in [-0.2, -0.15) is 0 Å². The molecule has 2 aromatic rings. The monoisotopic (exact) mass is 251 g/mol. The van der Waals surface area contributed by atoms with Crippen LogP contribution in [0.2, 0.25) is 0 Å². The van der Waals surface area contributed by atoms with E-state index in [-0.39, 0.29) is 0 Å². The first-order valence-electron chi connectivity index (χ1n) is 7.12. The van der Waals surface area contributed by atoms with E-state index in [0.717, 1.165) is 0 Å². The summed E-state index contributed by atoms with van der Waals surface area (Å²) in [5.41, 5.74) is 6.79. The fraction of sp³-hybridized carbons (Fsp3) is 0.368. The Morgan fingerprint density at radius 3 is 2.32 bits per heavy atom. The van der Waals surface area contributed by atoms with Crippen LogP contribution < -0.4 is 0 Å². The van der Waals surface area contributed by atoms with Crippen molar-refractivity contribution in [2.45, 2.75) is 46.5 Å². The maximum Gasteiger partial charge on any atom is -0.0120 e. The van der Waals surface area contributed by atoms with Gasteiger partial charge in [0, 0.05) is 0 Å². The van der Waals surface area contributed by atoms with Crippen LogP contribution in [-0.2, 0) is 0 Å². The first-order chi connectivity index (χ1) is 9.00. The highest BCUT2D eigenvalue weighted by Gasteiger charge is 2.12. The Morgan fingerprint density at radius 1 is 0.947 bits per heavy atom. The minimum atomic E-state index is 0.520. The predicted octanol–water partition coefficient (Wildman–Crippen LogP) is 5.71. The van der Waals surface area contributed by atoms with E-state index in [1.807, 2.05) is 0 Å². The maximum atomic E-state index is 3.35. The van der Waals surface area contributed by atoms with E-state index in [9.17, 15) is 0 Å². The van der Waals surface area contributed by atoms with Crippen molar-refractivity contribution in [3.05, 3.63) is 59.2 Å². The molecule has 19 heavy (non-hydrogen) atoms. The van der Waals surface area contributed by atoms with Crippen LogP contribution in [0.5, 0.6) is 0 Å². The molecule has 2 aromatic carbocycles. The molecule has 0 unspecified atom stereocenters. The maximum absolute atomic E-state index is 3.35. The number of benzene rings is 2. The Kier molecular flexibility index (Phi) is 4.09. The van der Waals surface area contributed by atoms with Gasteiger partial charge in [0.2, 0.25) is 0 Å². The van der Waals surface area contributed by atoms with Crippen LogP contribution in [0.15, 0.2) is 36.4 Å². The van der Waals surface area contributed by atoms with Crippen LogP contribution in [0.1, 0.15) is 56.2 Å². The number of rotatable bonds is 3. The van der Waals surface area contributed by atoms with Gasteiger partial charge in [-0.25, -0.2) is 0 Å². The van der Waals surface area contributed by atoms with Crippen LogP contribution in [-0.4, -0.2) is 0 Å². The normalized spacial score (nSPS) is 11.3. The summed E-state index contributed by atoms with van der Waals surface area (Å²) >= 11 is 0. The summed E-state index contributed by atoms with van der Waals surface area (Å²) in [5.74, 6) is 1.06. The summed E-state index contributed by atoms with van der Waals surface area (Å²) in [6.07, 6.45) is 0. The van der Waals surface area contributed by atoms with E-state index >= 15 is 0 Å². The Labute approximate surface area is 117 Å². The van der Waals surface area contributed by atoms with E-state index in [1.165, 1.54) is 27.8 Å². The Morgan fingerprint density at radius 2 is 1.68 bits per heavy atom. The van der Waals surface area contributed by atoms with Gasteiger partial charge >= 0.3 is 0 Å². The summed E-state index contributed by atoms with van der Waals surface area (Å²) in [6, 6.07) is 16.5. The lowest BCUT2D eigenvalue weighted by molar-refractivity contribution is 0.861. The first-order valence-corrected chi connectivity index (χ1v) is 7.12. The summed E-state index contributed by atoms with van der Waals surface area (Å²) < 4.78 is 0. The summed E-state index contributed by atoms with van der Waals surface area (Å²) in [5, 5.41) is 0. The largest absolute Gasteiger partial charge is 0.0617 e. The molecule has 0 spiro atoms. The molecule has 0 heterocycles. The third kappa shape index (κ3) is 2.89. The zero-order valence-corrected chi connectivity index (χ0v) is 12.6. The van der Waals surface area contributed by atoms with E-state index in [0.29, 0.717) is 11.8 Å². The number of hydrogen-bond donors (Lipinski definition) is 0. The van der Waals surface area contributed by atoms with Gasteiger partial charge in [0.1, 0.15) is 0 Å². The minimum Gasteiger partial charge on any atom is -0.0617 e. The average Bonchev–Trinajstić information content (AvgIpc) is 2.38. The first kappa shape index (κ1) is 13.9. The summed E-state index contributed by atoms with van der Waals surface area (Å²) in [6.45, 7) is 11.2. The number of aryl methyl sites for hydroxylation is 1. The van der Waals surface area contributed by atoms with Gasteiger partial charge in [-0.05, 0) is 52.6 Å². The molecule has 1 radical (unpaired) electrons. The smallest absolute Gasteiger partial charge is 0.0120 e. The second kappa shape index (κ2) is 5.61. The molecule has 99 valence electrons. The zero-order valence-electron chi connectivity index (χ0n) is 12.6. The van der Waals surface area contributed by atoms with Crippen molar-refractivity contribution >= 4 is 0 Å². The molecule has 0 atom stereocenters. The van der Waals surface area contributed by atoms with Crippen LogP contribution in [0.25, 0.3) is 11.1 Å². The third-order valence-electron chi connectivity index (χ3n) is 3.66. The molecule has 2 rings (SSSR count). The quantitative estimate of drug-likeness (QED) is 0.655. The number of hydrogen-bond acceptors (Lipinski definition) is 0. The lowest BCUT2D eigenvalue weighted by Crippen LogP contribution is -1.96. The van der Waals surface area contributed by atoms with Crippen molar-refractivity contribution in [3.63, 3.8) is 0 Å². The summed E-state index contributed by atoms with van der Waals surface area (Å²) in [7, 11) is 0. The summed E-state index contributed by atoms with van der Waals surface area (Å²) in [4.78, 5) is 0. The molecule has 0 saturated carbocycles. The topological polar surface area (TPSA) is 0 Å². The van der Waals surface area contributed by atoms with Gasteiger partial charge in [-0.3, -0.25) is 0 Å².